The maximum Gasteiger partial charge on any atom is 0.120 e. The first kappa shape index (κ1) is 13.9. The zero-order valence-electron chi connectivity index (χ0n) is 11.4. The third-order valence-electron chi connectivity index (χ3n) is 3.13. The van der Waals surface area contributed by atoms with Crippen LogP contribution in [-0.4, -0.2) is 16.4 Å². The van der Waals surface area contributed by atoms with Crippen LogP contribution in [0.4, 0.5) is 0 Å². The van der Waals surface area contributed by atoms with Crippen molar-refractivity contribution in [3.8, 4) is 16.9 Å². The Kier molecular flexibility index (Phi) is 4.36. The summed E-state index contributed by atoms with van der Waals surface area (Å²) < 4.78 is 8.64. The minimum atomic E-state index is 0.590. The van der Waals surface area contributed by atoms with Crippen LogP contribution in [0.5, 0.6) is 5.75 Å². The smallest absolute Gasteiger partial charge is 0.120 e. The Balaban J connectivity index is 1.58. The average molecular weight is 343 g/mol. The third kappa shape index (κ3) is 3.73. The highest BCUT2D eigenvalue weighted by Crippen LogP contribution is 2.19. The average Bonchev–Trinajstić information content (AvgIpc) is 2.97. The first-order valence-corrected chi connectivity index (χ1v) is 7.57. The van der Waals surface area contributed by atoms with Crippen LogP contribution in [0.3, 0.4) is 0 Å². The monoisotopic (exact) mass is 342 g/mol. The lowest BCUT2D eigenvalue weighted by atomic mass is 10.1. The number of hydrogen-bond donors (Lipinski definition) is 0. The topological polar surface area (TPSA) is 27.1 Å². The highest BCUT2D eigenvalue weighted by molar-refractivity contribution is 9.10. The van der Waals surface area contributed by atoms with E-state index in [4.69, 9.17) is 4.74 Å². The van der Waals surface area contributed by atoms with Crippen molar-refractivity contribution >= 4 is 15.9 Å². The zero-order valence-corrected chi connectivity index (χ0v) is 13.0. The Morgan fingerprint density at radius 2 is 1.86 bits per heavy atom. The van der Waals surface area contributed by atoms with Crippen LogP contribution in [0.15, 0.2) is 71.5 Å². The molecule has 0 radical (unpaired) electrons. The first-order valence-electron chi connectivity index (χ1n) is 6.77. The van der Waals surface area contributed by atoms with E-state index in [0.29, 0.717) is 6.61 Å². The molecule has 1 aromatic heterocycles. The summed E-state index contributed by atoms with van der Waals surface area (Å²) in [4.78, 5) is 0. The van der Waals surface area contributed by atoms with E-state index < -0.39 is 0 Å². The van der Waals surface area contributed by atoms with E-state index in [0.717, 1.165) is 22.3 Å². The van der Waals surface area contributed by atoms with Gasteiger partial charge in [-0.05, 0) is 23.8 Å². The van der Waals surface area contributed by atoms with Gasteiger partial charge in [-0.2, -0.15) is 5.10 Å². The molecule has 0 spiro atoms. The van der Waals surface area contributed by atoms with E-state index in [1.54, 1.807) is 0 Å². The van der Waals surface area contributed by atoms with E-state index in [1.165, 1.54) is 5.56 Å². The maximum absolute atomic E-state index is 5.71. The minimum Gasteiger partial charge on any atom is -0.492 e. The van der Waals surface area contributed by atoms with Crippen molar-refractivity contribution in [2.75, 3.05) is 6.61 Å². The van der Waals surface area contributed by atoms with Gasteiger partial charge in [0, 0.05) is 16.2 Å². The molecule has 0 N–H and O–H groups in total. The number of aromatic nitrogens is 2. The number of rotatable bonds is 5. The molecule has 0 aliphatic carbocycles. The molecule has 106 valence electrons. The van der Waals surface area contributed by atoms with Crippen molar-refractivity contribution in [3.05, 3.63) is 71.5 Å². The predicted molar refractivity (Wildman–Crippen MR) is 87.3 cm³/mol. The van der Waals surface area contributed by atoms with Crippen molar-refractivity contribution in [2.45, 2.75) is 6.54 Å². The fraction of sp³-hybridized carbons (Fsp3) is 0.118. The lowest BCUT2D eigenvalue weighted by Gasteiger charge is -2.06. The normalized spacial score (nSPS) is 10.5. The van der Waals surface area contributed by atoms with Crippen molar-refractivity contribution in [3.63, 3.8) is 0 Å². The number of halogens is 1. The molecule has 2 aromatic carbocycles. The molecule has 0 fully saturated rings. The molecule has 0 unspecified atom stereocenters. The van der Waals surface area contributed by atoms with Crippen molar-refractivity contribution in [2.24, 2.45) is 0 Å². The van der Waals surface area contributed by atoms with Crippen molar-refractivity contribution < 1.29 is 4.74 Å². The summed E-state index contributed by atoms with van der Waals surface area (Å²) in [5.74, 6) is 0.861. The minimum absolute atomic E-state index is 0.590. The highest BCUT2D eigenvalue weighted by atomic mass is 79.9. The summed E-state index contributed by atoms with van der Waals surface area (Å²) in [7, 11) is 0. The molecule has 0 amide bonds. The second-order valence-corrected chi connectivity index (χ2v) is 5.58. The second-order valence-electron chi connectivity index (χ2n) is 4.66. The van der Waals surface area contributed by atoms with Gasteiger partial charge < -0.3 is 4.74 Å². The molecule has 0 atom stereocenters. The number of hydrogen-bond acceptors (Lipinski definition) is 2. The summed E-state index contributed by atoms with van der Waals surface area (Å²) in [5.41, 5.74) is 2.30. The van der Waals surface area contributed by atoms with Crippen LogP contribution < -0.4 is 4.74 Å². The lowest BCUT2D eigenvalue weighted by Crippen LogP contribution is -2.08. The second kappa shape index (κ2) is 6.59. The van der Waals surface area contributed by atoms with Crippen LogP contribution in [0.2, 0.25) is 0 Å². The summed E-state index contributed by atoms with van der Waals surface area (Å²) >= 11 is 3.43. The number of ether oxygens (including phenoxy) is 1. The van der Waals surface area contributed by atoms with Crippen LogP contribution in [0, 0.1) is 0 Å². The molecule has 0 aliphatic heterocycles. The molecule has 3 rings (SSSR count). The lowest BCUT2D eigenvalue weighted by molar-refractivity contribution is 0.291. The Labute approximate surface area is 132 Å². The molecule has 3 nitrogen and oxygen atoms in total. The fourth-order valence-corrected chi connectivity index (χ4v) is 2.46. The highest BCUT2D eigenvalue weighted by Gasteiger charge is 2.01. The van der Waals surface area contributed by atoms with Gasteiger partial charge in [-0.3, -0.25) is 4.68 Å². The SMILES string of the molecule is Brc1cccc(OCCn2cc(-c3ccccc3)cn2)c1. The first-order chi connectivity index (χ1) is 10.3. The molecule has 0 saturated heterocycles. The van der Waals surface area contributed by atoms with Gasteiger partial charge in [0.1, 0.15) is 12.4 Å². The summed E-state index contributed by atoms with van der Waals surface area (Å²) in [6, 6.07) is 18.1. The molecular weight excluding hydrogens is 328 g/mol. The molecule has 21 heavy (non-hydrogen) atoms. The zero-order chi connectivity index (χ0) is 14.5. The van der Waals surface area contributed by atoms with E-state index >= 15 is 0 Å². The fourth-order valence-electron chi connectivity index (χ4n) is 2.08. The molecule has 0 aliphatic rings. The molecule has 4 heteroatoms. The Bertz CT molecular complexity index is 710. The molecule has 0 bridgehead atoms. The Hall–Kier alpha value is -2.07. The van der Waals surface area contributed by atoms with Crippen LogP contribution >= 0.6 is 15.9 Å². The van der Waals surface area contributed by atoms with Gasteiger partial charge in [-0.25, -0.2) is 0 Å². The standard InChI is InChI=1S/C17H15BrN2O/c18-16-7-4-8-17(11-16)21-10-9-20-13-15(12-19-20)14-5-2-1-3-6-14/h1-8,11-13H,9-10H2. The maximum atomic E-state index is 5.71. The predicted octanol–water partition coefficient (Wildman–Crippen LogP) is 4.39. The van der Waals surface area contributed by atoms with Gasteiger partial charge >= 0.3 is 0 Å². The Morgan fingerprint density at radius 1 is 1.00 bits per heavy atom. The van der Waals surface area contributed by atoms with Gasteiger partial charge in [0.05, 0.1) is 12.7 Å². The van der Waals surface area contributed by atoms with Gasteiger partial charge in [0.25, 0.3) is 0 Å². The van der Waals surface area contributed by atoms with Crippen LogP contribution in [-0.2, 0) is 6.54 Å². The van der Waals surface area contributed by atoms with Crippen LogP contribution in [0.25, 0.3) is 11.1 Å². The van der Waals surface area contributed by atoms with Crippen molar-refractivity contribution in [1.29, 1.82) is 0 Å². The summed E-state index contributed by atoms with van der Waals surface area (Å²) in [6.07, 6.45) is 3.92. The number of benzene rings is 2. The molecule has 0 saturated carbocycles. The van der Waals surface area contributed by atoms with E-state index in [9.17, 15) is 0 Å². The molecule has 1 heterocycles. The molecular formula is C17H15BrN2O. The van der Waals surface area contributed by atoms with Gasteiger partial charge in [0.2, 0.25) is 0 Å². The van der Waals surface area contributed by atoms with Crippen molar-refractivity contribution in [1.82, 2.24) is 9.78 Å². The summed E-state index contributed by atoms with van der Waals surface area (Å²) in [5, 5.41) is 4.37. The Morgan fingerprint density at radius 3 is 2.67 bits per heavy atom. The van der Waals surface area contributed by atoms with Gasteiger partial charge in [-0.1, -0.05) is 52.3 Å². The van der Waals surface area contributed by atoms with E-state index in [1.807, 2.05) is 59.5 Å². The van der Waals surface area contributed by atoms with Crippen LogP contribution in [0.1, 0.15) is 0 Å². The van der Waals surface area contributed by atoms with Gasteiger partial charge in [-0.15, -0.1) is 0 Å². The quantitative estimate of drug-likeness (QED) is 0.687. The largest absolute Gasteiger partial charge is 0.492 e. The summed E-state index contributed by atoms with van der Waals surface area (Å²) in [6.45, 7) is 1.31. The number of nitrogens with zero attached hydrogens (tertiary/aromatic N) is 2. The van der Waals surface area contributed by atoms with Gasteiger partial charge in [0.15, 0.2) is 0 Å². The molecule has 3 aromatic rings. The van der Waals surface area contributed by atoms with E-state index in [-0.39, 0.29) is 0 Å². The third-order valence-corrected chi connectivity index (χ3v) is 3.62. The van der Waals surface area contributed by atoms with E-state index in [2.05, 4.69) is 33.2 Å².